The van der Waals surface area contributed by atoms with E-state index in [2.05, 4.69) is 4.98 Å². The topological polar surface area (TPSA) is 43.8 Å². The van der Waals surface area contributed by atoms with Crippen molar-refractivity contribution < 1.29 is 4.39 Å². The van der Waals surface area contributed by atoms with E-state index < -0.39 is 0 Å². The number of hydrogen-bond acceptors (Lipinski definition) is 2. The Hall–Kier alpha value is -1.68. The number of benzene rings is 1. The molecule has 3 nitrogen and oxygen atoms in total. The maximum absolute atomic E-state index is 13.2. The lowest BCUT2D eigenvalue weighted by Gasteiger charge is -2.13. The van der Waals surface area contributed by atoms with E-state index in [0.29, 0.717) is 5.56 Å². The van der Waals surface area contributed by atoms with Crippen molar-refractivity contribution in [2.45, 2.75) is 25.8 Å². The zero-order valence-corrected chi connectivity index (χ0v) is 10.7. The molecule has 0 saturated heterocycles. The number of nitrogens with zero attached hydrogens (tertiary/aromatic N) is 2. The van der Waals surface area contributed by atoms with Crippen molar-refractivity contribution in [2.75, 3.05) is 0 Å². The summed E-state index contributed by atoms with van der Waals surface area (Å²) >= 11 is 0. The number of aryl methyl sites for hydroxylation is 3. The second kappa shape index (κ2) is 5.31. The molecule has 0 aliphatic rings. The van der Waals surface area contributed by atoms with Crippen LogP contribution in [-0.4, -0.2) is 9.55 Å². The Morgan fingerprint density at radius 3 is 2.83 bits per heavy atom. The van der Waals surface area contributed by atoms with E-state index in [0.717, 1.165) is 24.2 Å². The zero-order chi connectivity index (χ0) is 13.1. The first kappa shape index (κ1) is 12.8. The van der Waals surface area contributed by atoms with E-state index in [1.54, 1.807) is 19.2 Å². The summed E-state index contributed by atoms with van der Waals surface area (Å²) in [4.78, 5) is 4.26. The van der Waals surface area contributed by atoms with Crippen LogP contribution in [0, 0.1) is 12.7 Å². The van der Waals surface area contributed by atoms with E-state index in [1.807, 2.05) is 23.9 Å². The van der Waals surface area contributed by atoms with Gasteiger partial charge in [0.2, 0.25) is 0 Å². The Morgan fingerprint density at radius 2 is 2.22 bits per heavy atom. The first-order valence-corrected chi connectivity index (χ1v) is 6.05. The van der Waals surface area contributed by atoms with Crippen LogP contribution < -0.4 is 5.73 Å². The second-order valence-corrected chi connectivity index (χ2v) is 4.61. The minimum atomic E-state index is -0.185. The van der Waals surface area contributed by atoms with E-state index in [1.165, 1.54) is 6.07 Å². The number of aromatic nitrogens is 2. The zero-order valence-electron chi connectivity index (χ0n) is 10.7. The van der Waals surface area contributed by atoms with Gasteiger partial charge in [0.25, 0.3) is 0 Å². The van der Waals surface area contributed by atoms with Crippen LogP contribution in [0.2, 0.25) is 0 Å². The standard InChI is InChI=1S/C14H18FN3/c1-10-9-11(3-4-12(10)15)13(16)5-6-14-17-7-8-18(14)2/h3-4,7-9,13H,5-6,16H2,1-2H3. The minimum absolute atomic E-state index is 0.0824. The number of imidazole rings is 1. The summed E-state index contributed by atoms with van der Waals surface area (Å²) in [6.07, 6.45) is 5.32. The second-order valence-electron chi connectivity index (χ2n) is 4.61. The molecule has 18 heavy (non-hydrogen) atoms. The van der Waals surface area contributed by atoms with Crippen LogP contribution in [0.5, 0.6) is 0 Å². The highest BCUT2D eigenvalue weighted by Gasteiger charge is 2.09. The summed E-state index contributed by atoms with van der Waals surface area (Å²) in [5.74, 6) is 0.833. The lowest BCUT2D eigenvalue weighted by molar-refractivity contribution is 0.603. The molecule has 1 unspecified atom stereocenters. The summed E-state index contributed by atoms with van der Waals surface area (Å²) in [7, 11) is 1.97. The minimum Gasteiger partial charge on any atom is -0.338 e. The fourth-order valence-electron chi connectivity index (χ4n) is 1.99. The normalized spacial score (nSPS) is 12.7. The summed E-state index contributed by atoms with van der Waals surface area (Å²) in [5.41, 5.74) is 7.74. The average molecular weight is 247 g/mol. The van der Waals surface area contributed by atoms with Gasteiger partial charge in [0.1, 0.15) is 11.6 Å². The maximum atomic E-state index is 13.2. The Balaban J connectivity index is 2.01. The van der Waals surface area contributed by atoms with E-state index in [9.17, 15) is 4.39 Å². The number of rotatable bonds is 4. The fourth-order valence-corrected chi connectivity index (χ4v) is 1.99. The van der Waals surface area contributed by atoms with Crippen LogP contribution in [0.25, 0.3) is 0 Å². The van der Waals surface area contributed by atoms with Gasteiger partial charge in [0.15, 0.2) is 0 Å². The van der Waals surface area contributed by atoms with E-state index in [-0.39, 0.29) is 11.9 Å². The SMILES string of the molecule is Cc1cc(C(N)CCc2nccn2C)ccc1F. The molecule has 0 radical (unpaired) electrons. The van der Waals surface area contributed by atoms with Crippen LogP contribution in [0.1, 0.15) is 29.4 Å². The van der Waals surface area contributed by atoms with Crippen molar-refractivity contribution >= 4 is 0 Å². The molecule has 2 aromatic rings. The third-order valence-electron chi connectivity index (χ3n) is 3.21. The molecule has 2 rings (SSSR count). The van der Waals surface area contributed by atoms with Crippen LogP contribution >= 0.6 is 0 Å². The Bertz CT molecular complexity index is 534. The molecule has 1 heterocycles. The molecule has 0 bridgehead atoms. The Kier molecular flexibility index (Phi) is 3.77. The van der Waals surface area contributed by atoms with Crippen molar-refractivity contribution in [3.63, 3.8) is 0 Å². The molecule has 1 aromatic heterocycles. The Labute approximate surface area is 106 Å². The van der Waals surface area contributed by atoms with Gasteiger partial charge in [-0.05, 0) is 30.5 Å². The third-order valence-corrected chi connectivity index (χ3v) is 3.21. The van der Waals surface area contributed by atoms with Crippen LogP contribution in [0.15, 0.2) is 30.6 Å². The summed E-state index contributed by atoms with van der Waals surface area (Å²) in [6, 6.07) is 4.97. The largest absolute Gasteiger partial charge is 0.338 e. The summed E-state index contributed by atoms with van der Waals surface area (Å²) in [6.45, 7) is 1.75. The van der Waals surface area contributed by atoms with Crippen LogP contribution in [-0.2, 0) is 13.5 Å². The van der Waals surface area contributed by atoms with E-state index in [4.69, 9.17) is 5.73 Å². The highest BCUT2D eigenvalue weighted by atomic mass is 19.1. The predicted octanol–water partition coefficient (Wildman–Crippen LogP) is 2.50. The lowest BCUT2D eigenvalue weighted by Crippen LogP contribution is -2.13. The monoisotopic (exact) mass is 247 g/mol. The molecule has 0 aliphatic heterocycles. The Morgan fingerprint density at radius 1 is 1.44 bits per heavy atom. The first-order valence-electron chi connectivity index (χ1n) is 6.05. The smallest absolute Gasteiger partial charge is 0.126 e. The molecule has 0 amide bonds. The first-order chi connectivity index (χ1) is 8.58. The van der Waals surface area contributed by atoms with Crippen molar-refractivity contribution in [3.05, 3.63) is 53.4 Å². The molecule has 0 aliphatic carbocycles. The number of nitrogens with two attached hydrogens (primary N) is 1. The molecule has 0 fully saturated rings. The van der Waals surface area contributed by atoms with Crippen LogP contribution in [0.3, 0.4) is 0 Å². The predicted molar refractivity (Wildman–Crippen MR) is 69.6 cm³/mol. The van der Waals surface area contributed by atoms with Crippen molar-refractivity contribution in [1.82, 2.24) is 9.55 Å². The highest BCUT2D eigenvalue weighted by Crippen LogP contribution is 2.19. The lowest BCUT2D eigenvalue weighted by atomic mass is 10.0. The quantitative estimate of drug-likeness (QED) is 0.902. The van der Waals surface area contributed by atoms with Gasteiger partial charge >= 0.3 is 0 Å². The molecule has 1 aromatic carbocycles. The molecule has 0 saturated carbocycles. The van der Waals surface area contributed by atoms with Gasteiger partial charge in [-0.15, -0.1) is 0 Å². The molecule has 2 N–H and O–H groups in total. The summed E-state index contributed by atoms with van der Waals surface area (Å²) in [5, 5.41) is 0. The van der Waals surface area contributed by atoms with Gasteiger partial charge in [0, 0.05) is 31.9 Å². The van der Waals surface area contributed by atoms with Gasteiger partial charge in [-0.25, -0.2) is 9.37 Å². The molecular weight excluding hydrogens is 229 g/mol. The number of hydrogen-bond donors (Lipinski definition) is 1. The maximum Gasteiger partial charge on any atom is 0.126 e. The van der Waals surface area contributed by atoms with Crippen LogP contribution in [0.4, 0.5) is 4.39 Å². The van der Waals surface area contributed by atoms with Gasteiger partial charge in [0.05, 0.1) is 0 Å². The average Bonchev–Trinajstić information content (AvgIpc) is 2.75. The number of halogens is 1. The van der Waals surface area contributed by atoms with Crippen molar-refractivity contribution in [2.24, 2.45) is 12.8 Å². The van der Waals surface area contributed by atoms with Gasteiger partial charge in [-0.1, -0.05) is 12.1 Å². The molecular formula is C14H18FN3. The molecule has 1 atom stereocenters. The van der Waals surface area contributed by atoms with Crippen molar-refractivity contribution in [1.29, 1.82) is 0 Å². The van der Waals surface area contributed by atoms with Gasteiger partial charge < -0.3 is 10.3 Å². The molecule has 0 spiro atoms. The van der Waals surface area contributed by atoms with E-state index >= 15 is 0 Å². The molecule has 4 heteroatoms. The molecule has 96 valence electrons. The van der Waals surface area contributed by atoms with Gasteiger partial charge in [-0.2, -0.15) is 0 Å². The fraction of sp³-hybridized carbons (Fsp3) is 0.357. The highest BCUT2D eigenvalue weighted by molar-refractivity contribution is 5.26. The summed E-state index contributed by atoms with van der Waals surface area (Å²) < 4.78 is 15.2. The van der Waals surface area contributed by atoms with Crippen molar-refractivity contribution in [3.8, 4) is 0 Å². The van der Waals surface area contributed by atoms with Gasteiger partial charge in [-0.3, -0.25) is 0 Å². The third kappa shape index (κ3) is 2.76.